The Hall–Kier alpha value is -3.98. The van der Waals surface area contributed by atoms with Crippen LogP contribution in [0.2, 0.25) is 5.28 Å². The molecule has 222 valence electrons. The van der Waals surface area contributed by atoms with Crippen LogP contribution in [-0.4, -0.2) is 70.2 Å². The highest BCUT2D eigenvalue weighted by Gasteiger charge is 2.55. The number of ether oxygens (including phenoxy) is 2. The molecule has 5 atom stereocenters. The zero-order valence-corrected chi connectivity index (χ0v) is 24.3. The minimum absolute atomic E-state index is 0.0409. The van der Waals surface area contributed by atoms with Crippen LogP contribution in [0.5, 0.6) is 0 Å². The highest BCUT2D eigenvalue weighted by atomic mass is 35.5. The molecule has 0 aliphatic carbocycles. The summed E-state index contributed by atoms with van der Waals surface area (Å²) < 4.78 is 13.6. The van der Waals surface area contributed by atoms with Crippen molar-refractivity contribution in [2.45, 2.75) is 43.0 Å². The summed E-state index contributed by atoms with van der Waals surface area (Å²) in [5, 5.41) is 34.5. The fourth-order valence-electron chi connectivity index (χ4n) is 5.21. The van der Waals surface area contributed by atoms with E-state index >= 15 is 0 Å². The molecule has 0 bridgehead atoms. The molecule has 1 aliphatic rings. The molecule has 14 heteroatoms. The molecular formula is C29H27ClN6O6S. The van der Waals surface area contributed by atoms with Crippen molar-refractivity contribution >= 4 is 45.9 Å². The number of nitrogen functional groups attached to an aromatic ring is 1. The normalized spacial score (nSPS) is 23.4. The molecule has 0 radical (unpaired) electrons. The number of carbonyl (C=O) groups is 1. The largest absolute Gasteiger partial charge is 0.479 e. The van der Waals surface area contributed by atoms with Gasteiger partial charge in [0.2, 0.25) is 10.9 Å². The maximum Gasteiger partial charge on any atom is 0.342 e. The van der Waals surface area contributed by atoms with Crippen molar-refractivity contribution in [1.82, 2.24) is 24.5 Å². The fraction of sp³-hybridized carbons (Fsp3) is 0.276. The Morgan fingerprint density at radius 3 is 2.56 bits per heavy atom. The van der Waals surface area contributed by atoms with Gasteiger partial charge >= 0.3 is 5.97 Å². The van der Waals surface area contributed by atoms with Gasteiger partial charge in [-0.1, -0.05) is 54.6 Å². The van der Waals surface area contributed by atoms with Crippen LogP contribution in [0.4, 0.5) is 5.82 Å². The van der Waals surface area contributed by atoms with Crippen LogP contribution in [0.15, 0.2) is 71.8 Å². The Morgan fingerprint density at radius 1 is 1.16 bits per heavy atom. The lowest BCUT2D eigenvalue weighted by Crippen LogP contribution is -2.49. The number of halogens is 1. The lowest BCUT2D eigenvalue weighted by molar-refractivity contribution is -0.180. The van der Waals surface area contributed by atoms with E-state index in [0.29, 0.717) is 5.56 Å². The van der Waals surface area contributed by atoms with Crippen LogP contribution in [0.25, 0.3) is 22.3 Å². The van der Waals surface area contributed by atoms with Crippen LogP contribution in [0, 0.1) is 0 Å². The van der Waals surface area contributed by atoms with E-state index in [1.54, 1.807) is 5.38 Å². The van der Waals surface area contributed by atoms with Crippen molar-refractivity contribution in [3.63, 3.8) is 0 Å². The van der Waals surface area contributed by atoms with Crippen LogP contribution in [0.1, 0.15) is 24.4 Å². The summed E-state index contributed by atoms with van der Waals surface area (Å²) in [6.07, 6.45) is -2.50. The second-order valence-electron chi connectivity index (χ2n) is 10.4. The van der Waals surface area contributed by atoms with Gasteiger partial charge in [0, 0.05) is 11.8 Å². The van der Waals surface area contributed by atoms with E-state index in [0.717, 1.165) is 11.1 Å². The summed E-state index contributed by atoms with van der Waals surface area (Å²) >= 11 is 7.22. The number of aromatic nitrogens is 5. The molecule has 1 aliphatic heterocycles. The van der Waals surface area contributed by atoms with Gasteiger partial charge in [-0.05, 0) is 35.2 Å². The molecule has 5 aromatic rings. The van der Waals surface area contributed by atoms with Gasteiger partial charge in [-0.3, -0.25) is 4.57 Å². The van der Waals surface area contributed by atoms with Gasteiger partial charge in [-0.15, -0.1) is 11.3 Å². The number of aliphatic hydroxyl groups is 2. The average molecular weight is 623 g/mol. The number of hydrogen-bond donors (Lipinski definition) is 4. The number of thiazole rings is 1. The van der Waals surface area contributed by atoms with Crippen LogP contribution in [0.3, 0.4) is 0 Å². The van der Waals surface area contributed by atoms with Crippen molar-refractivity contribution in [3.05, 3.63) is 88.4 Å². The first-order chi connectivity index (χ1) is 20.6. The number of imidazole rings is 1. The molecule has 43 heavy (non-hydrogen) atoms. The van der Waals surface area contributed by atoms with Crippen molar-refractivity contribution in [1.29, 1.82) is 0 Å². The second kappa shape index (κ2) is 11.3. The minimum atomic E-state index is -1.91. The fourth-order valence-corrected chi connectivity index (χ4v) is 5.99. The number of nitrogens with zero attached hydrogens (tertiary/aromatic N) is 5. The Bertz CT molecular complexity index is 1750. The van der Waals surface area contributed by atoms with Crippen LogP contribution >= 0.6 is 22.9 Å². The highest BCUT2D eigenvalue weighted by Crippen LogP contribution is 2.40. The van der Waals surface area contributed by atoms with Crippen molar-refractivity contribution in [2.75, 3.05) is 12.3 Å². The molecule has 0 amide bonds. The third-order valence-corrected chi connectivity index (χ3v) is 8.46. The van der Waals surface area contributed by atoms with Crippen molar-refractivity contribution in [2.24, 2.45) is 0 Å². The van der Waals surface area contributed by atoms with Gasteiger partial charge < -0.3 is 30.5 Å². The molecule has 4 heterocycles. The number of carboxylic acids is 1. The van der Waals surface area contributed by atoms with E-state index in [-0.39, 0.29) is 34.4 Å². The highest BCUT2D eigenvalue weighted by molar-refractivity contribution is 7.07. The van der Waals surface area contributed by atoms with Gasteiger partial charge in [0.25, 0.3) is 0 Å². The molecule has 1 saturated heterocycles. The Kier molecular flexibility index (Phi) is 7.62. The number of carboxylic acid groups (broad SMARTS) is 1. The molecule has 6 rings (SSSR count). The van der Waals surface area contributed by atoms with Gasteiger partial charge in [0.05, 0.1) is 24.1 Å². The molecule has 1 fully saturated rings. The van der Waals surface area contributed by atoms with Crippen LogP contribution < -0.4 is 5.73 Å². The lowest BCUT2D eigenvalue weighted by Gasteiger charge is -2.32. The van der Waals surface area contributed by atoms with Crippen molar-refractivity contribution < 1.29 is 29.6 Å². The summed E-state index contributed by atoms with van der Waals surface area (Å²) in [5.74, 6) is -1.22. The number of aliphatic hydroxyl groups excluding tert-OH is 1. The molecule has 3 aromatic heterocycles. The summed E-state index contributed by atoms with van der Waals surface area (Å²) in [4.78, 5) is 29.4. The third kappa shape index (κ3) is 5.24. The number of anilines is 1. The predicted molar refractivity (Wildman–Crippen MR) is 158 cm³/mol. The van der Waals surface area contributed by atoms with Gasteiger partial charge in [-0.25, -0.2) is 14.8 Å². The average Bonchev–Trinajstić information content (AvgIpc) is 3.72. The lowest BCUT2D eigenvalue weighted by atomic mass is 9.90. The van der Waals surface area contributed by atoms with Gasteiger partial charge in [0.15, 0.2) is 17.7 Å². The Labute approximate surface area is 254 Å². The maximum atomic E-state index is 12.9. The number of aliphatic carboxylic acids is 1. The summed E-state index contributed by atoms with van der Waals surface area (Å²) in [6, 6.07) is 17.4. The SMILES string of the molecule is C[C@@]1(O)[C@@H](CO[C@](Cc2ccc(-c3ccccc3)cc2)(C(=O)O)c2cscn2)O[C@@H](n2cnc3c(N)nc(Cl)nc32)[C@@H]1O. The first-order valence-electron chi connectivity index (χ1n) is 13.2. The van der Waals surface area contributed by atoms with E-state index in [9.17, 15) is 20.1 Å². The summed E-state index contributed by atoms with van der Waals surface area (Å²) in [6.45, 7) is 0.992. The summed E-state index contributed by atoms with van der Waals surface area (Å²) in [5.41, 5.74) is 7.03. The van der Waals surface area contributed by atoms with Crippen molar-refractivity contribution in [3.8, 4) is 11.1 Å². The summed E-state index contributed by atoms with van der Waals surface area (Å²) in [7, 11) is 0. The van der Waals surface area contributed by atoms with Gasteiger partial charge in [0.1, 0.15) is 23.3 Å². The zero-order chi connectivity index (χ0) is 30.4. The molecule has 5 N–H and O–H groups in total. The monoisotopic (exact) mass is 622 g/mol. The number of rotatable bonds is 9. The molecule has 12 nitrogen and oxygen atoms in total. The quantitative estimate of drug-likeness (QED) is 0.177. The van der Waals surface area contributed by atoms with Crippen LogP contribution in [-0.2, 0) is 26.3 Å². The molecule has 2 aromatic carbocycles. The van der Waals surface area contributed by atoms with E-state index in [1.807, 2.05) is 54.6 Å². The molecule has 0 saturated carbocycles. The maximum absolute atomic E-state index is 12.9. The standard InChI is InChI=1S/C29H27ClN6O6S/c1-28(40)20(42-25(22(28)37)36-14-32-21-23(31)34-27(30)35-24(21)36)12-41-29(26(38)39,19-13-43-15-33-19)11-16-7-9-18(10-8-16)17-5-3-2-4-6-17/h2-10,13-15,20,22,25,37,40H,11-12H2,1H3,(H,38,39)(H2,31,34,35)/t20-,22+,25-,28-,29+/m1/s1. The molecule has 0 spiro atoms. The Balaban J connectivity index is 1.28. The number of fused-ring (bicyclic) bond motifs is 1. The first-order valence-corrected chi connectivity index (χ1v) is 14.5. The first kappa shape index (κ1) is 29.1. The number of hydrogen-bond acceptors (Lipinski definition) is 11. The smallest absolute Gasteiger partial charge is 0.342 e. The van der Waals surface area contributed by atoms with E-state index in [1.165, 1.54) is 34.7 Å². The Morgan fingerprint density at radius 2 is 1.88 bits per heavy atom. The third-order valence-electron chi connectivity index (χ3n) is 7.71. The van der Waals surface area contributed by atoms with E-state index in [2.05, 4.69) is 19.9 Å². The predicted octanol–water partition coefficient (Wildman–Crippen LogP) is 3.43. The van der Waals surface area contributed by atoms with E-state index < -0.39 is 42.2 Å². The second-order valence-corrected chi connectivity index (χ2v) is 11.5. The van der Waals surface area contributed by atoms with E-state index in [4.69, 9.17) is 26.8 Å². The molecule has 0 unspecified atom stereocenters. The number of nitrogens with two attached hydrogens (primary N) is 1. The van der Waals surface area contributed by atoms with Gasteiger partial charge in [-0.2, -0.15) is 9.97 Å². The minimum Gasteiger partial charge on any atom is -0.479 e. The topological polar surface area (TPSA) is 179 Å². The molecular weight excluding hydrogens is 596 g/mol. The number of benzene rings is 2. The zero-order valence-electron chi connectivity index (χ0n) is 22.7.